The minimum atomic E-state index is -5.89. The second-order valence-electron chi connectivity index (χ2n) is 2.70. The molecule has 0 aliphatic rings. The summed E-state index contributed by atoms with van der Waals surface area (Å²) >= 11 is 0. The van der Waals surface area contributed by atoms with Gasteiger partial charge in [0.15, 0.2) is 0 Å². The van der Waals surface area contributed by atoms with Crippen LogP contribution in [0.4, 0.5) is 35.1 Å². The second kappa shape index (κ2) is 3.97. The van der Waals surface area contributed by atoms with Gasteiger partial charge in [-0.15, -0.1) is 0 Å². The standard InChI is InChI=1S/C7H6F8/c1-2-5(10,11)7(14,15)6(12,13)3-4(8)9/h2,4H,1,3H2. The summed E-state index contributed by atoms with van der Waals surface area (Å²) in [6.45, 7) is 2.24. The summed E-state index contributed by atoms with van der Waals surface area (Å²) in [6.07, 6.45) is -7.15. The third-order valence-corrected chi connectivity index (χ3v) is 1.55. The number of halogens is 8. The van der Waals surface area contributed by atoms with Gasteiger partial charge in [0.05, 0.1) is 6.42 Å². The summed E-state index contributed by atoms with van der Waals surface area (Å²) in [7, 11) is 0. The molecule has 0 spiro atoms. The smallest absolute Gasteiger partial charge is 0.210 e. The fraction of sp³-hybridized carbons (Fsp3) is 0.714. The second-order valence-corrected chi connectivity index (χ2v) is 2.70. The highest BCUT2D eigenvalue weighted by atomic mass is 19.3. The summed E-state index contributed by atoms with van der Waals surface area (Å²) in [5.74, 6) is -16.6. The molecule has 15 heavy (non-hydrogen) atoms. The van der Waals surface area contributed by atoms with Crippen molar-refractivity contribution in [2.24, 2.45) is 0 Å². The Kier molecular flexibility index (Phi) is 3.76. The molecule has 0 unspecified atom stereocenters. The van der Waals surface area contributed by atoms with E-state index < -0.39 is 36.7 Å². The minimum Gasteiger partial charge on any atom is -0.210 e. The van der Waals surface area contributed by atoms with Gasteiger partial charge in [0.2, 0.25) is 6.43 Å². The molecule has 90 valence electrons. The van der Waals surface area contributed by atoms with Gasteiger partial charge in [-0.1, -0.05) is 6.58 Å². The fourth-order valence-corrected chi connectivity index (χ4v) is 0.694. The van der Waals surface area contributed by atoms with Gasteiger partial charge < -0.3 is 0 Å². The van der Waals surface area contributed by atoms with Crippen LogP contribution in [0.5, 0.6) is 0 Å². The summed E-state index contributed by atoms with van der Waals surface area (Å²) in [5, 5.41) is 0. The molecule has 0 heterocycles. The van der Waals surface area contributed by atoms with Crippen LogP contribution >= 0.6 is 0 Å². The Morgan fingerprint density at radius 1 is 1.00 bits per heavy atom. The van der Waals surface area contributed by atoms with Gasteiger partial charge in [-0.25, -0.2) is 8.78 Å². The van der Waals surface area contributed by atoms with Crippen molar-refractivity contribution in [1.82, 2.24) is 0 Å². The van der Waals surface area contributed by atoms with Crippen LogP contribution in [-0.4, -0.2) is 24.2 Å². The number of allylic oxidation sites excluding steroid dienone is 1. The molecule has 0 fully saturated rings. The fourth-order valence-electron chi connectivity index (χ4n) is 0.694. The van der Waals surface area contributed by atoms with Crippen LogP contribution < -0.4 is 0 Å². The van der Waals surface area contributed by atoms with E-state index in [2.05, 4.69) is 6.58 Å². The lowest BCUT2D eigenvalue weighted by Gasteiger charge is -2.30. The molecule has 0 amide bonds. The van der Waals surface area contributed by atoms with Crippen LogP contribution in [0.25, 0.3) is 0 Å². The number of hydrogen-bond acceptors (Lipinski definition) is 0. The van der Waals surface area contributed by atoms with E-state index in [1.165, 1.54) is 0 Å². The van der Waals surface area contributed by atoms with Gasteiger partial charge in [-0.05, 0) is 6.08 Å². The maximum Gasteiger partial charge on any atom is 0.375 e. The van der Waals surface area contributed by atoms with E-state index in [1.54, 1.807) is 0 Å². The molecular formula is C7H6F8. The maximum atomic E-state index is 12.4. The summed E-state index contributed by atoms with van der Waals surface area (Å²) in [4.78, 5) is 0. The van der Waals surface area contributed by atoms with Gasteiger partial charge in [-0.2, -0.15) is 26.3 Å². The van der Waals surface area contributed by atoms with Crippen molar-refractivity contribution in [2.45, 2.75) is 30.6 Å². The average molecular weight is 242 g/mol. The van der Waals surface area contributed by atoms with E-state index in [0.717, 1.165) is 0 Å². The highest BCUT2D eigenvalue weighted by Gasteiger charge is 2.70. The maximum absolute atomic E-state index is 12.4. The summed E-state index contributed by atoms with van der Waals surface area (Å²) in [5.41, 5.74) is 0. The lowest BCUT2D eigenvalue weighted by molar-refractivity contribution is -0.299. The predicted octanol–water partition coefficient (Wildman–Crippen LogP) is 3.73. The average Bonchev–Trinajstić information content (AvgIpc) is 2.01. The third-order valence-electron chi connectivity index (χ3n) is 1.55. The van der Waals surface area contributed by atoms with Gasteiger partial charge in [0, 0.05) is 0 Å². The highest BCUT2D eigenvalue weighted by Crippen LogP contribution is 2.48. The monoisotopic (exact) mass is 242 g/mol. The summed E-state index contributed by atoms with van der Waals surface area (Å²) in [6, 6.07) is 0. The van der Waals surface area contributed by atoms with Crippen molar-refractivity contribution in [3.05, 3.63) is 12.7 Å². The normalized spacial score (nSPS) is 14.5. The van der Waals surface area contributed by atoms with Crippen LogP contribution in [0.3, 0.4) is 0 Å². The van der Waals surface area contributed by atoms with Crippen molar-refractivity contribution < 1.29 is 35.1 Å². The Labute approximate surface area is 79.6 Å². The highest BCUT2D eigenvalue weighted by molar-refractivity contribution is 5.05. The SMILES string of the molecule is C=CC(F)(F)C(F)(F)C(F)(F)CC(F)F. The van der Waals surface area contributed by atoms with Crippen LogP contribution in [-0.2, 0) is 0 Å². The van der Waals surface area contributed by atoms with Crippen molar-refractivity contribution in [3.8, 4) is 0 Å². The van der Waals surface area contributed by atoms with E-state index in [0.29, 0.717) is 0 Å². The Hall–Kier alpha value is -0.820. The Morgan fingerprint density at radius 2 is 1.40 bits per heavy atom. The van der Waals surface area contributed by atoms with Gasteiger partial charge in [0.1, 0.15) is 0 Å². The molecule has 0 saturated heterocycles. The van der Waals surface area contributed by atoms with Crippen molar-refractivity contribution in [2.75, 3.05) is 0 Å². The molecule has 0 nitrogen and oxygen atoms in total. The molecule has 0 bridgehead atoms. The first kappa shape index (κ1) is 14.2. The van der Waals surface area contributed by atoms with E-state index >= 15 is 0 Å². The first-order valence-electron chi connectivity index (χ1n) is 3.53. The van der Waals surface area contributed by atoms with Crippen LogP contribution in [0.15, 0.2) is 12.7 Å². The first-order valence-corrected chi connectivity index (χ1v) is 3.53. The number of hydrogen-bond donors (Lipinski definition) is 0. The minimum absolute atomic E-state index is 0.702. The topological polar surface area (TPSA) is 0 Å². The zero-order valence-electron chi connectivity index (χ0n) is 7.09. The molecule has 0 N–H and O–H groups in total. The van der Waals surface area contributed by atoms with Crippen LogP contribution in [0.1, 0.15) is 6.42 Å². The number of rotatable bonds is 5. The number of alkyl halides is 8. The molecule has 0 atom stereocenters. The van der Waals surface area contributed by atoms with E-state index in [-0.39, 0.29) is 0 Å². The van der Waals surface area contributed by atoms with E-state index in [9.17, 15) is 35.1 Å². The largest absolute Gasteiger partial charge is 0.375 e. The molecular weight excluding hydrogens is 236 g/mol. The third kappa shape index (κ3) is 2.60. The van der Waals surface area contributed by atoms with Crippen LogP contribution in [0, 0.1) is 0 Å². The van der Waals surface area contributed by atoms with E-state index in [1.807, 2.05) is 0 Å². The van der Waals surface area contributed by atoms with Crippen LogP contribution in [0.2, 0.25) is 0 Å². The zero-order chi connectivity index (χ0) is 12.5. The Morgan fingerprint density at radius 3 is 1.67 bits per heavy atom. The Balaban J connectivity index is 5.08. The summed E-state index contributed by atoms with van der Waals surface area (Å²) < 4.78 is 97.1. The van der Waals surface area contributed by atoms with Crippen molar-refractivity contribution in [3.63, 3.8) is 0 Å². The lowest BCUT2D eigenvalue weighted by Crippen LogP contribution is -2.53. The first-order chi connectivity index (χ1) is 6.48. The zero-order valence-corrected chi connectivity index (χ0v) is 7.09. The molecule has 0 aromatic rings. The molecule has 0 aromatic heterocycles. The van der Waals surface area contributed by atoms with Gasteiger partial charge >= 0.3 is 17.8 Å². The van der Waals surface area contributed by atoms with Gasteiger partial charge in [-0.3, -0.25) is 0 Å². The molecule has 0 aliphatic carbocycles. The molecule has 0 aromatic carbocycles. The lowest BCUT2D eigenvalue weighted by atomic mass is 10.0. The van der Waals surface area contributed by atoms with E-state index in [4.69, 9.17) is 0 Å². The molecule has 0 radical (unpaired) electrons. The van der Waals surface area contributed by atoms with Gasteiger partial charge in [0.25, 0.3) is 0 Å². The quantitative estimate of drug-likeness (QED) is 0.509. The van der Waals surface area contributed by atoms with Crippen molar-refractivity contribution >= 4 is 0 Å². The predicted molar refractivity (Wildman–Crippen MR) is 35.7 cm³/mol. The van der Waals surface area contributed by atoms with Crippen molar-refractivity contribution in [1.29, 1.82) is 0 Å². The molecule has 0 rings (SSSR count). The molecule has 0 saturated carbocycles. The molecule has 0 aliphatic heterocycles. The Bertz CT molecular complexity index is 231. The molecule has 8 heteroatoms.